The molecular formula is C19H31Cl2N3O2. The van der Waals surface area contributed by atoms with E-state index in [0.717, 1.165) is 63.5 Å². The van der Waals surface area contributed by atoms with Gasteiger partial charge in [-0.05, 0) is 23.5 Å². The average molecular weight is 404 g/mol. The largest absolute Gasteiger partial charge is 0.379 e. The van der Waals surface area contributed by atoms with Crippen LogP contribution < -0.4 is 5.73 Å². The van der Waals surface area contributed by atoms with Gasteiger partial charge in [-0.3, -0.25) is 9.69 Å². The molecular weight excluding hydrogens is 373 g/mol. The van der Waals surface area contributed by atoms with E-state index in [1.165, 1.54) is 0 Å². The Balaban J connectivity index is 0.00000169. The topological polar surface area (TPSA) is 58.8 Å². The van der Waals surface area contributed by atoms with E-state index in [1.54, 1.807) is 0 Å². The lowest BCUT2D eigenvalue weighted by Gasteiger charge is -2.42. The number of carbonyl (C=O) groups is 1. The maximum Gasteiger partial charge on any atom is 0.254 e. The Bertz CT molecular complexity index is 592. The van der Waals surface area contributed by atoms with Gasteiger partial charge in [-0.2, -0.15) is 0 Å². The summed E-state index contributed by atoms with van der Waals surface area (Å²) < 4.78 is 5.41. The van der Waals surface area contributed by atoms with Crippen molar-refractivity contribution in [3.05, 3.63) is 35.4 Å². The first-order valence-electron chi connectivity index (χ1n) is 8.90. The summed E-state index contributed by atoms with van der Waals surface area (Å²) in [7, 11) is 0. The molecule has 0 saturated carbocycles. The van der Waals surface area contributed by atoms with Crippen LogP contribution >= 0.6 is 24.8 Å². The van der Waals surface area contributed by atoms with E-state index in [9.17, 15) is 4.79 Å². The zero-order valence-corrected chi connectivity index (χ0v) is 17.3. The van der Waals surface area contributed by atoms with E-state index in [2.05, 4.69) is 24.8 Å². The Labute approximate surface area is 169 Å². The van der Waals surface area contributed by atoms with Crippen molar-refractivity contribution >= 4 is 30.7 Å². The van der Waals surface area contributed by atoms with Crippen molar-refractivity contribution in [2.45, 2.75) is 32.9 Å². The van der Waals surface area contributed by atoms with Gasteiger partial charge in [0.05, 0.1) is 13.2 Å². The van der Waals surface area contributed by atoms with Crippen molar-refractivity contribution in [3.8, 4) is 0 Å². The first-order chi connectivity index (χ1) is 11.5. The smallest absolute Gasteiger partial charge is 0.254 e. The predicted octanol–water partition coefficient (Wildman–Crippen LogP) is 2.56. The maximum atomic E-state index is 13.1. The van der Waals surface area contributed by atoms with E-state index in [0.29, 0.717) is 0 Å². The Kier molecular flexibility index (Phi) is 8.83. The molecule has 2 N–H and O–H groups in total. The van der Waals surface area contributed by atoms with Crippen LogP contribution in [0, 0.1) is 5.41 Å². The molecule has 0 aliphatic carbocycles. The first-order valence-corrected chi connectivity index (χ1v) is 8.90. The van der Waals surface area contributed by atoms with Crippen LogP contribution in [-0.4, -0.2) is 61.1 Å². The predicted molar refractivity (Wildman–Crippen MR) is 109 cm³/mol. The quantitative estimate of drug-likeness (QED) is 0.842. The third-order valence-electron chi connectivity index (χ3n) is 5.34. The molecule has 1 amide bonds. The second kappa shape index (κ2) is 9.90. The standard InChI is InChI=1S/C19H29N3O2.2ClH/c1-19(2)14-22(8-7-17(19)20)18(23)16-6-4-3-5-15(16)13-21-9-11-24-12-10-21;;/h3-6,17H,7-14,20H2,1-2H3;2*1H. The molecule has 1 aromatic rings. The van der Waals surface area contributed by atoms with Gasteiger partial charge in [-0.1, -0.05) is 32.0 Å². The van der Waals surface area contributed by atoms with Crippen LogP contribution in [0.1, 0.15) is 36.2 Å². The summed E-state index contributed by atoms with van der Waals surface area (Å²) in [4.78, 5) is 17.4. The van der Waals surface area contributed by atoms with Crippen molar-refractivity contribution in [2.24, 2.45) is 11.1 Å². The molecule has 1 atom stereocenters. The summed E-state index contributed by atoms with van der Waals surface area (Å²) in [6.07, 6.45) is 0.865. The molecule has 2 aliphatic heterocycles. The van der Waals surface area contributed by atoms with Gasteiger partial charge in [0.25, 0.3) is 5.91 Å². The SMILES string of the molecule is CC1(C)CN(C(=O)c2ccccc2CN2CCOCC2)CCC1N.Cl.Cl. The third kappa shape index (κ3) is 5.33. The van der Waals surface area contributed by atoms with Crippen LogP contribution in [0.15, 0.2) is 24.3 Å². The van der Waals surface area contributed by atoms with Crippen LogP contribution in [0.5, 0.6) is 0 Å². The monoisotopic (exact) mass is 403 g/mol. The van der Waals surface area contributed by atoms with Gasteiger partial charge >= 0.3 is 0 Å². The molecule has 148 valence electrons. The van der Waals surface area contributed by atoms with E-state index >= 15 is 0 Å². The molecule has 2 aliphatic rings. The van der Waals surface area contributed by atoms with Crippen molar-refractivity contribution < 1.29 is 9.53 Å². The van der Waals surface area contributed by atoms with Crippen molar-refractivity contribution in [3.63, 3.8) is 0 Å². The van der Waals surface area contributed by atoms with Gasteiger partial charge in [0.2, 0.25) is 0 Å². The fraction of sp³-hybridized carbons (Fsp3) is 0.632. The highest BCUT2D eigenvalue weighted by molar-refractivity contribution is 5.95. The maximum absolute atomic E-state index is 13.1. The number of nitrogens with zero attached hydrogens (tertiary/aromatic N) is 2. The lowest BCUT2D eigenvalue weighted by molar-refractivity contribution is 0.0337. The molecule has 0 spiro atoms. The lowest BCUT2D eigenvalue weighted by atomic mass is 9.79. The Morgan fingerprint density at radius 2 is 1.85 bits per heavy atom. The van der Waals surface area contributed by atoms with Gasteiger partial charge in [0.1, 0.15) is 0 Å². The zero-order chi connectivity index (χ0) is 17.2. The van der Waals surface area contributed by atoms with Crippen molar-refractivity contribution in [2.75, 3.05) is 39.4 Å². The average Bonchev–Trinajstić information content (AvgIpc) is 2.58. The van der Waals surface area contributed by atoms with Crippen molar-refractivity contribution in [1.82, 2.24) is 9.80 Å². The highest BCUT2D eigenvalue weighted by atomic mass is 35.5. The number of piperidine rings is 1. The number of rotatable bonds is 3. The normalized spacial score (nSPS) is 22.9. The minimum atomic E-state index is -0.0347. The van der Waals surface area contributed by atoms with Gasteiger partial charge in [0, 0.05) is 44.3 Å². The molecule has 2 saturated heterocycles. The summed E-state index contributed by atoms with van der Waals surface area (Å²) in [5.41, 5.74) is 8.11. The van der Waals surface area contributed by atoms with Crippen LogP contribution in [0.2, 0.25) is 0 Å². The molecule has 0 bridgehead atoms. The number of halogens is 2. The molecule has 1 aromatic carbocycles. The molecule has 2 heterocycles. The number of hydrogen-bond acceptors (Lipinski definition) is 4. The number of morpholine rings is 1. The second-order valence-electron chi connectivity index (χ2n) is 7.66. The summed E-state index contributed by atoms with van der Waals surface area (Å²) in [5, 5.41) is 0. The lowest BCUT2D eigenvalue weighted by Crippen LogP contribution is -2.54. The molecule has 1 unspecified atom stereocenters. The van der Waals surface area contributed by atoms with Crippen LogP contribution in [-0.2, 0) is 11.3 Å². The number of carbonyl (C=O) groups excluding carboxylic acids is 1. The Morgan fingerprint density at radius 3 is 2.50 bits per heavy atom. The molecule has 0 aromatic heterocycles. The number of benzene rings is 1. The van der Waals surface area contributed by atoms with E-state index in [-0.39, 0.29) is 42.2 Å². The molecule has 7 heteroatoms. The first kappa shape index (κ1) is 23.2. The molecule has 5 nitrogen and oxygen atoms in total. The summed E-state index contributed by atoms with van der Waals surface area (Å²) in [6, 6.07) is 8.16. The fourth-order valence-corrected chi connectivity index (χ4v) is 3.58. The second-order valence-corrected chi connectivity index (χ2v) is 7.66. The number of hydrogen-bond donors (Lipinski definition) is 1. The Morgan fingerprint density at radius 1 is 1.19 bits per heavy atom. The van der Waals surface area contributed by atoms with E-state index in [1.807, 2.05) is 23.1 Å². The number of ether oxygens (including phenoxy) is 1. The minimum absolute atomic E-state index is 0. The van der Waals surface area contributed by atoms with E-state index in [4.69, 9.17) is 10.5 Å². The highest BCUT2D eigenvalue weighted by Crippen LogP contribution is 2.29. The number of amides is 1. The number of likely N-dealkylation sites (tertiary alicyclic amines) is 1. The van der Waals surface area contributed by atoms with Crippen LogP contribution in [0.25, 0.3) is 0 Å². The van der Waals surface area contributed by atoms with Crippen LogP contribution in [0.4, 0.5) is 0 Å². The minimum Gasteiger partial charge on any atom is -0.379 e. The van der Waals surface area contributed by atoms with Crippen molar-refractivity contribution in [1.29, 1.82) is 0 Å². The molecule has 26 heavy (non-hydrogen) atoms. The summed E-state index contributed by atoms with van der Waals surface area (Å²) in [6.45, 7) is 9.97. The zero-order valence-electron chi connectivity index (χ0n) is 15.6. The van der Waals surface area contributed by atoms with Crippen LogP contribution in [0.3, 0.4) is 0 Å². The fourth-order valence-electron chi connectivity index (χ4n) is 3.58. The van der Waals surface area contributed by atoms with Gasteiger partial charge in [-0.25, -0.2) is 0 Å². The van der Waals surface area contributed by atoms with E-state index < -0.39 is 0 Å². The van der Waals surface area contributed by atoms with Gasteiger partial charge in [-0.15, -0.1) is 24.8 Å². The Hall–Kier alpha value is -0.850. The summed E-state index contributed by atoms with van der Waals surface area (Å²) in [5.74, 6) is 0.138. The van der Waals surface area contributed by atoms with Gasteiger partial charge < -0.3 is 15.4 Å². The van der Waals surface area contributed by atoms with Gasteiger partial charge in [0.15, 0.2) is 0 Å². The molecule has 3 rings (SSSR count). The number of nitrogens with two attached hydrogens (primary N) is 1. The highest BCUT2D eigenvalue weighted by Gasteiger charge is 2.36. The third-order valence-corrected chi connectivity index (χ3v) is 5.34. The molecule has 2 fully saturated rings. The summed E-state index contributed by atoms with van der Waals surface area (Å²) >= 11 is 0. The molecule has 0 radical (unpaired) electrons.